The first-order valence-electron chi connectivity index (χ1n) is 9.05. The molecule has 1 unspecified atom stereocenters. The van der Waals surface area contributed by atoms with Crippen LogP contribution in [0.2, 0.25) is 0 Å². The van der Waals surface area contributed by atoms with Crippen LogP contribution in [0.5, 0.6) is 23.0 Å². The highest BCUT2D eigenvalue weighted by molar-refractivity contribution is 5.91. The van der Waals surface area contributed by atoms with E-state index in [0.29, 0.717) is 22.6 Å². The highest BCUT2D eigenvalue weighted by Gasteiger charge is 2.29. The zero-order chi connectivity index (χ0) is 21.8. The van der Waals surface area contributed by atoms with Crippen molar-refractivity contribution in [2.45, 2.75) is 32.5 Å². The molecule has 1 N–H and O–H groups in total. The Hall–Kier alpha value is -2.93. The lowest BCUT2D eigenvalue weighted by molar-refractivity contribution is 0.00685. The van der Waals surface area contributed by atoms with Crippen LogP contribution in [0.15, 0.2) is 30.3 Å². The highest BCUT2D eigenvalue weighted by Crippen LogP contribution is 2.44. The number of hydrogen-bond donors (Lipinski definition) is 1. The van der Waals surface area contributed by atoms with Gasteiger partial charge in [-0.05, 0) is 45.0 Å². The molecule has 0 amide bonds. The molecular weight excluding hydrogens is 376 g/mol. The number of aliphatic hydroxyl groups excluding tert-OH is 1. The van der Waals surface area contributed by atoms with Crippen LogP contribution in [0.3, 0.4) is 0 Å². The SMILES string of the molecule is COc1cccc(OC)c1C(O)c1c(OC)cc(C(=O)OC(C)(C)C)cc1OC. The second-order valence-corrected chi connectivity index (χ2v) is 7.28. The minimum Gasteiger partial charge on any atom is -0.496 e. The fourth-order valence-electron chi connectivity index (χ4n) is 2.96. The number of methoxy groups -OCH3 is 4. The van der Waals surface area contributed by atoms with Crippen molar-refractivity contribution in [3.8, 4) is 23.0 Å². The lowest BCUT2D eigenvalue weighted by Crippen LogP contribution is -2.24. The molecule has 158 valence electrons. The Kier molecular flexibility index (Phi) is 6.97. The fourth-order valence-corrected chi connectivity index (χ4v) is 2.96. The Labute approximate surface area is 171 Å². The third-order valence-corrected chi connectivity index (χ3v) is 4.19. The molecule has 0 radical (unpaired) electrons. The zero-order valence-corrected chi connectivity index (χ0v) is 17.9. The molecule has 0 aliphatic heterocycles. The van der Waals surface area contributed by atoms with E-state index in [4.69, 9.17) is 23.7 Å². The molecular formula is C22H28O7. The van der Waals surface area contributed by atoms with Gasteiger partial charge >= 0.3 is 5.97 Å². The van der Waals surface area contributed by atoms with Gasteiger partial charge in [-0.1, -0.05) is 6.07 Å². The minimum atomic E-state index is -1.20. The maximum absolute atomic E-state index is 12.5. The van der Waals surface area contributed by atoms with Crippen LogP contribution in [-0.2, 0) is 4.74 Å². The Morgan fingerprint density at radius 2 is 1.24 bits per heavy atom. The molecule has 0 spiro atoms. The van der Waals surface area contributed by atoms with Crippen molar-refractivity contribution in [3.63, 3.8) is 0 Å². The Morgan fingerprint density at radius 1 is 0.828 bits per heavy atom. The first-order valence-corrected chi connectivity index (χ1v) is 9.05. The van der Waals surface area contributed by atoms with Crippen molar-refractivity contribution in [2.75, 3.05) is 28.4 Å². The Morgan fingerprint density at radius 3 is 1.62 bits per heavy atom. The van der Waals surface area contributed by atoms with Gasteiger partial charge in [0.05, 0.1) is 45.1 Å². The third kappa shape index (κ3) is 4.92. The predicted octanol–water partition coefficient (Wildman–Crippen LogP) is 3.76. The number of ether oxygens (including phenoxy) is 5. The predicted molar refractivity (Wildman–Crippen MR) is 108 cm³/mol. The van der Waals surface area contributed by atoms with E-state index < -0.39 is 17.7 Å². The van der Waals surface area contributed by atoms with Gasteiger partial charge < -0.3 is 28.8 Å². The summed E-state index contributed by atoms with van der Waals surface area (Å²) in [5.41, 5.74) is 0.348. The lowest BCUT2D eigenvalue weighted by Gasteiger charge is -2.23. The second-order valence-electron chi connectivity index (χ2n) is 7.28. The normalized spacial score (nSPS) is 12.1. The quantitative estimate of drug-likeness (QED) is 0.704. The molecule has 0 saturated carbocycles. The number of rotatable bonds is 7. The minimum absolute atomic E-state index is 0.247. The van der Waals surface area contributed by atoms with Crippen molar-refractivity contribution < 1.29 is 33.6 Å². The maximum atomic E-state index is 12.5. The van der Waals surface area contributed by atoms with Crippen LogP contribution in [0.4, 0.5) is 0 Å². The molecule has 0 saturated heterocycles. The molecule has 0 fully saturated rings. The molecule has 2 aromatic carbocycles. The summed E-state index contributed by atoms with van der Waals surface area (Å²) in [6, 6.07) is 8.21. The number of esters is 1. The van der Waals surface area contributed by atoms with E-state index >= 15 is 0 Å². The van der Waals surface area contributed by atoms with Gasteiger partial charge in [-0.2, -0.15) is 0 Å². The summed E-state index contributed by atoms with van der Waals surface area (Å²) in [5.74, 6) is 0.899. The van der Waals surface area contributed by atoms with Gasteiger partial charge in [0.25, 0.3) is 0 Å². The van der Waals surface area contributed by atoms with Gasteiger partial charge in [0.15, 0.2) is 0 Å². The summed E-state index contributed by atoms with van der Waals surface area (Å²) in [6.45, 7) is 5.35. The summed E-state index contributed by atoms with van der Waals surface area (Å²) in [6.07, 6.45) is -1.20. The van der Waals surface area contributed by atoms with Crippen molar-refractivity contribution in [1.29, 1.82) is 0 Å². The lowest BCUT2D eigenvalue weighted by atomic mass is 9.96. The molecule has 0 aromatic heterocycles. The van der Waals surface area contributed by atoms with E-state index in [1.165, 1.54) is 40.6 Å². The smallest absolute Gasteiger partial charge is 0.338 e. The summed E-state index contributed by atoms with van der Waals surface area (Å²) in [7, 11) is 5.91. The largest absolute Gasteiger partial charge is 0.496 e. The van der Waals surface area contributed by atoms with Crippen LogP contribution in [0.25, 0.3) is 0 Å². The Bertz CT molecular complexity index is 821. The van der Waals surface area contributed by atoms with E-state index in [0.717, 1.165) is 0 Å². The standard InChI is InChI=1S/C22H28O7/c1-22(2,3)29-21(24)13-11-16(27-6)19(17(12-13)28-7)20(23)18-14(25-4)9-8-10-15(18)26-5/h8-12,20,23H,1-7H3. The van der Waals surface area contributed by atoms with Gasteiger partial charge in [-0.25, -0.2) is 4.79 Å². The van der Waals surface area contributed by atoms with E-state index in [9.17, 15) is 9.90 Å². The zero-order valence-electron chi connectivity index (χ0n) is 17.9. The van der Waals surface area contributed by atoms with E-state index in [1.807, 2.05) is 0 Å². The summed E-state index contributed by atoms with van der Waals surface area (Å²) in [5, 5.41) is 11.2. The molecule has 0 aliphatic rings. The van der Waals surface area contributed by atoms with Gasteiger partial charge in [0.2, 0.25) is 0 Å². The van der Waals surface area contributed by atoms with Gasteiger partial charge in [0, 0.05) is 0 Å². The van der Waals surface area contributed by atoms with Crippen LogP contribution in [-0.4, -0.2) is 45.1 Å². The molecule has 7 nitrogen and oxygen atoms in total. The van der Waals surface area contributed by atoms with Crippen molar-refractivity contribution in [2.24, 2.45) is 0 Å². The molecule has 0 bridgehead atoms. The topological polar surface area (TPSA) is 83.5 Å². The first kappa shape index (κ1) is 22.4. The van der Waals surface area contributed by atoms with Crippen molar-refractivity contribution in [1.82, 2.24) is 0 Å². The van der Waals surface area contributed by atoms with Crippen LogP contribution >= 0.6 is 0 Å². The summed E-state index contributed by atoms with van der Waals surface area (Å²) >= 11 is 0. The number of carbonyl (C=O) groups is 1. The molecule has 0 aliphatic carbocycles. The highest BCUT2D eigenvalue weighted by atomic mass is 16.6. The number of aliphatic hydroxyl groups is 1. The number of carbonyl (C=O) groups excluding carboxylic acids is 1. The van der Waals surface area contributed by atoms with Gasteiger partial charge in [-0.15, -0.1) is 0 Å². The summed E-state index contributed by atoms with van der Waals surface area (Å²) in [4.78, 5) is 12.5. The maximum Gasteiger partial charge on any atom is 0.338 e. The van der Waals surface area contributed by atoms with E-state index in [2.05, 4.69) is 0 Å². The molecule has 0 heterocycles. The average molecular weight is 404 g/mol. The van der Waals surface area contributed by atoms with Gasteiger partial charge in [0.1, 0.15) is 34.7 Å². The Balaban J connectivity index is 2.63. The molecule has 7 heteroatoms. The van der Waals surface area contributed by atoms with E-state index in [-0.39, 0.29) is 17.1 Å². The number of benzene rings is 2. The monoisotopic (exact) mass is 404 g/mol. The fraction of sp³-hybridized carbons (Fsp3) is 0.409. The molecule has 2 rings (SSSR count). The number of hydrogen-bond acceptors (Lipinski definition) is 7. The first-order chi connectivity index (χ1) is 13.7. The molecule has 2 aromatic rings. The van der Waals surface area contributed by atoms with E-state index in [1.54, 1.807) is 39.0 Å². The van der Waals surface area contributed by atoms with Crippen LogP contribution in [0.1, 0.15) is 48.4 Å². The van der Waals surface area contributed by atoms with Crippen LogP contribution in [0, 0.1) is 0 Å². The second kappa shape index (κ2) is 9.05. The van der Waals surface area contributed by atoms with Gasteiger partial charge in [-0.3, -0.25) is 0 Å². The third-order valence-electron chi connectivity index (χ3n) is 4.19. The average Bonchev–Trinajstić information content (AvgIpc) is 2.69. The molecule has 29 heavy (non-hydrogen) atoms. The van der Waals surface area contributed by atoms with Crippen LogP contribution < -0.4 is 18.9 Å². The van der Waals surface area contributed by atoms with Crippen molar-refractivity contribution in [3.05, 3.63) is 47.0 Å². The molecule has 1 atom stereocenters. The van der Waals surface area contributed by atoms with Crippen molar-refractivity contribution >= 4 is 5.97 Å². The summed E-state index contributed by atoms with van der Waals surface area (Å²) < 4.78 is 27.2.